The van der Waals surface area contributed by atoms with Gasteiger partial charge in [0.15, 0.2) is 11.4 Å². The number of allylic oxidation sites excluding steroid dienone is 1. The van der Waals surface area contributed by atoms with E-state index in [-0.39, 0.29) is 17.3 Å². The lowest BCUT2D eigenvalue weighted by Gasteiger charge is -2.13. The van der Waals surface area contributed by atoms with Gasteiger partial charge in [-0.2, -0.15) is 10.4 Å². The quantitative estimate of drug-likeness (QED) is 0.494. The van der Waals surface area contributed by atoms with Crippen molar-refractivity contribution in [1.29, 1.82) is 5.26 Å². The largest absolute Gasteiger partial charge is 0.554 e. The Morgan fingerprint density at radius 2 is 1.57 bits per heavy atom. The van der Waals surface area contributed by atoms with Crippen LogP contribution in [0.25, 0.3) is 11.5 Å². The van der Waals surface area contributed by atoms with Gasteiger partial charge in [-0.05, 0) is 52.7 Å². The zero-order valence-electron chi connectivity index (χ0n) is 14.2. The number of rotatable bonds is 3. The topological polar surface area (TPSA) is 76.6 Å². The summed E-state index contributed by atoms with van der Waals surface area (Å²) < 4.78 is 6.49. The van der Waals surface area contributed by atoms with Crippen LogP contribution >= 0.6 is 0 Å². The van der Waals surface area contributed by atoms with Gasteiger partial charge in [-0.25, -0.2) is 14.6 Å². The Balaban J connectivity index is 2.75. The van der Waals surface area contributed by atoms with E-state index >= 15 is 0 Å². The summed E-state index contributed by atoms with van der Waals surface area (Å²) in [5.41, 5.74) is 5.44. The second kappa shape index (κ2) is 6.25. The maximum absolute atomic E-state index is 9.60. The summed E-state index contributed by atoms with van der Waals surface area (Å²) >= 11 is 0. The normalized spacial score (nSPS) is 11.9. The summed E-state index contributed by atoms with van der Waals surface area (Å²) in [4.78, 5) is 8.78. The molecule has 0 saturated carbocycles. The molecule has 0 fully saturated rings. The molecule has 0 spiro atoms. The minimum Gasteiger partial charge on any atom is -0.554 e. The summed E-state index contributed by atoms with van der Waals surface area (Å²) in [6.45, 7) is 11.4. The average molecular weight is 307 g/mol. The molecular formula is C16H18BN5O. The number of nitrogens with zero attached hydrogens (tertiary/aromatic N) is 5. The van der Waals surface area contributed by atoms with E-state index < -0.39 is 0 Å². The SMILES string of the molecule is [B]OC(=C(C#N)c1nc(C)c(C)c(C)n1)n1nc(C)c(C)c1C. The van der Waals surface area contributed by atoms with Crippen molar-refractivity contribution in [3.63, 3.8) is 0 Å². The van der Waals surface area contributed by atoms with Crippen molar-refractivity contribution in [2.75, 3.05) is 0 Å². The number of aryl methyl sites for hydroxylation is 3. The molecule has 0 aromatic carbocycles. The molecule has 0 amide bonds. The van der Waals surface area contributed by atoms with Crippen LogP contribution in [0.1, 0.15) is 39.7 Å². The number of aromatic nitrogens is 4. The highest BCUT2D eigenvalue weighted by atomic mass is 16.4. The van der Waals surface area contributed by atoms with Gasteiger partial charge in [-0.15, -0.1) is 0 Å². The van der Waals surface area contributed by atoms with Gasteiger partial charge in [0.2, 0.25) is 5.88 Å². The lowest BCUT2D eigenvalue weighted by Crippen LogP contribution is -2.10. The smallest absolute Gasteiger partial charge is 0.376 e. The van der Waals surface area contributed by atoms with Gasteiger partial charge in [0.1, 0.15) is 6.07 Å². The third-order valence-electron chi connectivity index (χ3n) is 4.14. The highest BCUT2D eigenvalue weighted by Crippen LogP contribution is 2.24. The maximum atomic E-state index is 9.60. The van der Waals surface area contributed by atoms with Crippen LogP contribution in [0.3, 0.4) is 0 Å². The Morgan fingerprint density at radius 3 is 1.96 bits per heavy atom. The van der Waals surface area contributed by atoms with Crippen LogP contribution in [0.4, 0.5) is 0 Å². The summed E-state index contributed by atoms with van der Waals surface area (Å²) in [7, 11) is 5.43. The molecule has 0 aliphatic carbocycles. The van der Waals surface area contributed by atoms with Crippen molar-refractivity contribution < 1.29 is 4.65 Å². The van der Waals surface area contributed by atoms with Crippen LogP contribution in [-0.2, 0) is 4.65 Å². The summed E-state index contributed by atoms with van der Waals surface area (Å²) in [5, 5.41) is 14.0. The van der Waals surface area contributed by atoms with E-state index in [1.807, 2.05) is 41.5 Å². The highest BCUT2D eigenvalue weighted by Gasteiger charge is 2.20. The Bertz CT molecular complexity index is 822. The Labute approximate surface area is 137 Å². The molecule has 6 nitrogen and oxygen atoms in total. The lowest BCUT2D eigenvalue weighted by molar-refractivity contribution is 0.508. The molecule has 0 unspecified atom stereocenters. The number of hydrogen-bond acceptors (Lipinski definition) is 5. The van der Waals surface area contributed by atoms with E-state index in [9.17, 15) is 5.26 Å². The summed E-state index contributed by atoms with van der Waals surface area (Å²) in [6, 6.07) is 2.09. The third kappa shape index (κ3) is 2.84. The molecule has 116 valence electrons. The van der Waals surface area contributed by atoms with Gasteiger partial charge >= 0.3 is 8.05 Å². The van der Waals surface area contributed by atoms with Crippen molar-refractivity contribution in [3.8, 4) is 6.07 Å². The van der Waals surface area contributed by atoms with Crippen LogP contribution in [0, 0.1) is 52.9 Å². The molecular weight excluding hydrogens is 289 g/mol. The molecule has 0 N–H and O–H groups in total. The second-order valence-corrected chi connectivity index (χ2v) is 5.46. The molecule has 7 heteroatoms. The molecule has 23 heavy (non-hydrogen) atoms. The number of nitriles is 1. The van der Waals surface area contributed by atoms with Crippen molar-refractivity contribution >= 4 is 19.5 Å². The van der Waals surface area contributed by atoms with Gasteiger partial charge in [-0.3, -0.25) is 0 Å². The van der Waals surface area contributed by atoms with E-state index in [1.165, 1.54) is 4.68 Å². The van der Waals surface area contributed by atoms with Crippen LogP contribution in [0.15, 0.2) is 0 Å². The van der Waals surface area contributed by atoms with Gasteiger partial charge in [0.05, 0.1) is 5.69 Å². The molecule has 2 rings (SSSR count). The second-order valence-electron chi connectivity index (χ2n) is 5.46. The minimum absolute atomic E-state index is 0.115. The predicted molar refractivity (Wildman–Crippen MR) is 88.2 cm³/mol. The predicted octanol–water partition coefficient (Wildman–Crippen LogP) is 2.47. The van der Waals surface area contributed by atoms with Crippen molar-refractivity contribution in [3.05, 3.63) is 39.7 Å². The molecule has 2 aromatic rings. The first-order chi connectivity index (χ1) is 10.8. The van der Waals surface area contributed by atoms with E-state index in [0.29, 0.717) is 0 Å². The zero-order chi connectivity index (χ0) is 17.3. The Morgan fingerprint density at radius 1 is 1.00 bits per heavy atom. The standard InChI is InChI=1S/C16H18BN5O/c1-8-10(3)19-15(20-11(8)4)14(7-18)16(23-17)22-13(6)9(2)12(5)21-22/h1-6H3. The van der Waals surface area contributed by atoms with Gasteiger partial charge in [0.25, 0.3) is 0 Å². The first kappa shape index (κ1) is 16.8. The fraction of sp³-hybridized carbons (Fsp3) is 0.375. The summed E-state index contributed by atoms with van der Waals surface area (Å²) in [5.74, 6) is 0.391. The van der Waals surface area contributed by atoms with E-state index in [0.717, 1.165) is 33.9 Å². The van der Waals surface area contributed by atoms with Crippen molar-refractivity contribution in [1.82, 2.24) is 19.7 Å². The van der Waals surface area contributed by atoms with Crippen LogP contribution in [0.5, 0.6) is 0 Å². The molecule has 2 aromatic heterocycles. The molecule has 0 atom stereocenters. The van der Waals surface area contributed by atoms with Gasteiger partial charge in [-0.1, -0.05) is 0 Å². The first-order valence-electron chi connectivity index (χ1n) is 7.18. The van der Waals surface area contributed by atoms with Gasteiger partial charge < -0.3 is 4.65 Å². The lowest BCUT2D eigenvalue weighted by atomic mass is 10.1. The fourth-order valence-electron chi connectivity index (χ4n) is 2.21. The van der Waals surface area contributed by atoms with Gasteiger partial charge in [0, 0.05) is 17.1 Å². The van der Waals surface area contributed by atoms with Crippen LogP contribution in [0.2, 0.25) is 0 Å². The Hall–Kier alpha value is -2.62. The van der Waals surface area contributed by atoms with Crippen LogP contribution < -0.4 is 0 Å². The molecule has 2 radical (unpaired) electrons. The first-order valence-corrected chi connectivity index (χ1v) is 7.18. The van der Waals surface area contributed by atoms with E-state index in [2.05, 4.69) is 21.1 Å². The van der Waals surface area contributed by atoms with E-state index in [4.69, 9.17) is 12.7 Å². The fourth-order valence-corrected chi connectivity index (χ4v) is 2.21. The van der Waals surface area contributed by atoms with Crippen LogP contribution in [-0.4, -0.2) is 27.8 Å². The zero-order valence-corrected chi connectivity index (χ0v) is 14.2. The monoisotopic (exact) mass is 307 g/mol. The molecule has 0 bridgehead atoms. The molecule has 0 aliphatic heterocycles. The van der Waals surface area contributed by atoms with Crippen molar-refractivity contribution in [2.45, 2.75) is 41.5 Å². The third-order valence-corrected chi connectivity index (χ3v) is 4.14. The summed E-state index contributed by atoms with van der Waals surface area (Å²) in [6.07, 6.45) is 0. The average Bonchev–Trinajstić information content (AvgIpc) is 2.77. The number of hydrogen-bond donors (Lipinski definition) is 0. The molecule has 0 aliphatic rings. The van der Waals surface area contributed by atoms with Crippen molar-refractivity contribution in [2.24, 2.45) is 0 Å². The molecule has 2 heterocycles. The highest BCUT2D eigenvalue weighted by molar-refractivity contribution is 6.03. The minimum atomic E-state index is 0.115. The van der Waals surface area contributed by atoms with E-state index in [1.54, 1.807) is 0 Å². The molecule has 0 saturated heterocycles. The maximum Gasteiger partial charge on any atom is 0.376 e. The Kier molecular flexibility index (Phi) is 4.55.